The van der Waals surface area contributed by atoms with Crippen LogP contribution in [0.2, 0.25) is 0 Å². The third-order valence-electron chi connectivity index (χ3n) is 3.62. The standard InChI is InChI=1S/C17H29NO2S/c1-3-5-6-7-8-9-10-11-12-13-15-16(21-14-18-15)17(19)20-4-2/h14H,3-13H2,1-2H3. The van der Waals surface area contributed by atoms with E-state index in [0.717, 1.165) is 18.5 Å². The van der Waals surface area contributed by atoms with Crippen LogP contribution in [0.1, 0.15) is 87.0 Å². The molecule has 0 bridgehead atoms. The van der Waals surface area contributed by atoms with Gasteiger partial charge in [-0.15, -0.1) is 11.3 Å². The van der Waals surface area contributed by atoms with E-state index in [1.165, 1.54) is 62.7 Å². The first-order valence-electron chi connectivity index (χ1n) is 8.39. The lowest BCUT2D eigenvalue weighted by atomic mass is 10.1. The molecule has 0 N–H and O–H groups in total. The number of thiazole rings is 1. The van der Waals surface area contributed by atoms with Gasteiger partial charge in [0.2, 0.25) is 0 Å². The molecule has 0 unspecified atom stereocenters. The van der Waals surface area contributed by atoms with E-state index in [-0.39, 0.29) is 5.97 Å². The van der Waals surface area contributed by atoms with Crippen molar-refractivity contribution in [1.29, 1.82) is 0 Å². The molecule has 0 aliphatic carbocycles. The van der Waals surface area contributed by atoms with Crippen molar-refractivity contribution in [2.75, 3.05) is 6.61 Å². The summed E-state index contributed by atoms with van der Waals surface area (Å²) in [5, 5.41) is 0. The Morgan fingerprint density at radius 1 is 1.05 bits per heavy atom. The number of esters is 1. The molecule has 0 aliphatic heterocycles. The Bertz CT molecular complexity index is 390. The smallest absolute Gasteiger partial charge is 0.350 e. The van der Waals surface area contributed by atoms with Gasteiger partial charge in [0.15, 0.2) is 0 Å². The fraction of sp³-hybridized carbons (Fsp3) is 0.765. The average molecular weight is 311 g/mol. The first kappa shape index (κ1) is 18.1. The lowest BCUT2D eigenvalue weighted by Crippen LogP contribution is -2.05. The van der Waals surface area contributed by atoms with E-state index in [1.54, 1.807) is 5.51 Å². The predicted molar refractivity (Wildman–Crippen MR) is 89.0 cm³/mol. The Morgan fingerprint density at radius 3 is 2.29 bits per heavy atom. The van der Waals surface area contributed by atoms with Crippen LogP contribution in [0.25, 0.3) is 0 Å². The lowest BCUT2D eigenvalue weighted by Gasteiger charge is -2.03. The number of carbonyl (C=O) groups excluding carboxylic acids is 1. The molecule has 1 aromatic heterocycles. The Balaban J connectivity index is 2.10. The van der Waals surface area contributed by atoms with Gasteiger partial charge in [-0.05, 0) is 19.8 Å². The first-order chi connectivity index (χ1) is 10.3. The molecule has 0 saturated carbocycles. The highest BCUT2D eigenvalue weighted by molar-refractivity contribution is 7.11. The Morgan fingerprint density at radius 2 is 1.67 bits per heavy atom. The van der Waals surface area contributed by atoms with E-state index in [9.17, 15) is 4.79 Å². The van der Waals surface area contributed by atoms with Crippen LogP contribution in [0, 0.1) is 0 Å². The number of aryl methyl sites for hydroxylation is 1. The van der Waals surface area contributed by atoms with Gasteiger partial charge >= 0.3 is 5.97 Å². The van der Waals surface area contributed by atoms with Gasteiger partial charge < -0.3 is 4.74 Å². The quantitative estimate of drug-likeness (QED) is 0.383. The molecule has 120 valence electrons. The van der Waals surface area contributed by atoms with Crippen molar-refractivity contribution in [2.45, 2.75) is 78.1 Å². The summed E-state index contributed by atoms with van der Waals surface area (Å²) in [7, 11) is 0. The summed E-state index contributed by atoms with van der Waals surface area (Å²) >= 11 is 1.39. The highest BCUT2D eigenvalue weighted by atomic mass is 32.1. The van der Waals surface area contributed by atoms with Crippen LogP contribution in [0.3, 0.4) is 0 Å². The minimum atomic E-state index is -0.217. The number of carbonyl (C=O) groups is 1. The highest BCUT2D eigenvalue weighted by Gasteiger charge is 2.15. The molecule has 0 spiro atoms. The molecular weight excluding hydrogens is 282 g/mol. The number of aromatic nitrogens is 1. The molecule has 0 atom stereocenters. The lowest BCUT2D eigenvalue weighted by molar-refractivity contribution is 0.0530. The van der Waals surface area contributed by atoms with Gasteiger partial charge in [0, 0.05) is 0 Å². The molecule has 0 aromatic carbocycles. The molecular formula is C17H29NO2S. The van der Waals surface area contributed by atoms with Crippen molar-refractivity contribution in [1.82, 2.24) is 4.98 Å². The van der Waals surface area contributed by atoms with Crippen molar-refractivity contribution in [3.8, 4) is 0 Å². The molecule has 0 saturated heterocycles. The zero-order valence-electron chi connectivity index (χ0n) is 13.5. The SMILES string of the molecule is CCCCCCCCCCCc1ncsc1C(=O)OCC. The van der Waals surface area contributed by atoms with Crippen LogP contribution in [0.4, 0.5) is 0 Å². The van der Waals surface area contributed by atoms with Crippen LogP contribution in [-0.2, 0) is 11.2 Å². The van der Waals surface area contributed by atoms with Gasteiger partial charge in [0.05, 0.1) is 17.8 Å². The predicted octanol–water partition coefficient (Wildman–Crippen LogP) is 5.39. The van der Waals surface area contributed by atoms with Gasteiger partial charge in [-0.2, -0.15) is 0 Å². The molecule has 1 heterocycles. The minimum Gasteiger partial charge on any atom is -0.462 e. The van der Waals surface area contributed by atoms with Gasteiger partial charge in [-0.25, -0.2) is 9.78 Å². The second-order valence-corrected chi connectivity index (χ2v) is 6.28. The largest absolute Gasteiger partial charge is 0.462 e. The molecule has 3 nitrogen and oxygen atoms in total. The van der Waals surface area contributed by atoms with E-state index < -0.39 is 0 Å². The second kappa shape index (κ2) is 11.7. The van der Waals surface area contributed by atoms with Gasteiger partial charge in [0.25, 0.3) is 0 Å². The molecule has 4 heteroatoms. The van der Waals surface area contributed by atoms with Crippen LogP contribution < -0.4 is 0 Å². The number of unbranched alkanes of at least 4 members (excludes halogenated alkanes) is 8. The zero-order valence-corrected chi connectivity index (χ0v) is 14.3. The monoisotopic (exact) mass is 311 g/mol. The topological polar surface area (TPSA) is 39.2 Å². The second-order valence-electron chi connectivity index (χ2n) is 5.43. The summed E-state index contributed by atoms with van der Waals surface area (Å²) in [5.74, 6) is -0.217. The summed E-state index contributed by atoms with van der Waals surface area (Å²) in [6.07, 6.45) is 12.7. The van der Waals surface area contributed by atoms with Gasteiger partial charge in [-0.1, -0.05) is 58.3 Å². The molecule has 0 amide bonds. The van der Waals surface area contributed by atoms with E-state index in [4.69, 9.17) is 4.74 Å². The number of nitrogens with zero attached hydrogens (tertiary/aromatic N) is 1. The maximum absolute atomic E-state index is 11.7. The maximum Gasteiger partial charge on any atom is 0.350 e. The van der Waals surface area contributed by atoms with Crippen molar-refractivity contribution in [2.24, 2.45) is 0 Å². The fourth-order valence-corrected chi connectivity index (χ4v) is 3.14. The number of hydrogen-bond acceptors (Lipinski definition) is 4. The number of ether oxygens (including phenoxy) is 1. The molecule has 1 aromatic rings. The van der Waals surface area contributed by atoms with Crippen LogP contribution in [-0.4, -0.2) is 17.6 Å². The van der Waals surface area contributed by atoms with Crippen LogP contribution >= 0.6 is 11.3 Å². The molecule has 0 radical (unpaired) electrons. The van der Waals surface area contributed by atoms with Gasteiger partial charge in [0.1, 0.15) is 4.88 Å². The number of hydrogen-bond donors (Lipinski definition) is 0. The van der Waals surface area contributed by atoms with Gasteiger partial charge in [-0.3, -0.25) is 0 Å². The fourth-order valence-electron chi connectivity index (χ4n) is 2.41. The van der Waals surface area contributed by atoms with E-state index in [1.807, 2.05) is 6.92 Å². The van der Waals surface area contributed by atoms with Crippen molar-refractivity contribution >= 4 is 17.3 Å². The van der Waals surface area contributed by atoms with Crippen LogP contribution in [0.15, 0.2) is 5.51 Å². The average Bonchev–Trinajstić information content (AvgIpc) is 2.94. The minimum absolute atomic E-state index is 0.217. The number of rotatable bonds is 12. The van der Waals surface area contributed by atoms with Crippen molar-refractivity contribution < 1.29 is 9.53 Å². The maximum atomic E-state index is 11.7. The normalized spacial score (nSPS) is 10.8. The Labute approximate surface area is 133 Å². The third-order valence-corrected chi connectivity index (χ3v) is 4.47. The Kier molecular flexibility index (Phi) is 10.1. The summed E-state index contributed by atoms with van der Waals surface area (Å²) in [4.78, 5) is 16.7. The van der Waals surface area contributed by atoms with E-state index in [2.05, 4.69) is 11.9 Å². The summed E-state index contributed by atoms with van der Waals surface area (Å²) in [6, 6.07) is 0. The zero-order chi connectivity index (χ0) is 15.3. The Hall–Kier alpha value is -0.900. The van der Waals surface area contributed by atoms with E-state index in [0.29, 0.717) is 11.5 Å². The third kappa shape index (κ3) is 7.60. The molecule has 0 aliphatic rings. The van der Waals surface area contributed by atoms with Crippen LogP contribution in [0.5, 0.6) is 0 Å². The first-order valence-corrected chi connectivity index (χ1v) is 9.27. The summed E-state index contributed by atoms with van der Waals surface area (Å²) < 4.78 is 5.05. The molecule has 1 rings (SSSR count). The highest BCUT2D eigenvalue weighted by Crippen LogP contribution is 2.18. The molecule has 0 fully saturated rings. The molecule has 21 heavy (non-hydrogen) atoms. The van der Waals surface area contributed by atoms with E-state index >= 15 is 0 Å². The summed E-state index contributed by atoms with van der Waals surface area (Å²) in [6.45, 7) is 4.51. The van der Waals surface area contributed by atoms with Crippen molar-refractivity contribution in [3.63, 3.8) is 0 Å². The summed E-state index contributed by atoms with van der Waals surface area (Å²) in [5.41, 5.74) is 2.66. The van der Waals surface area contributed by atoms with Crippen molar-refractivity contribution in [3.05, 3.63) is 16.1 Å².